The Bertz CT molecular complexity index is 400. The second-order valence-corrected chi connectivity index (χ2v) is 9.69. The Balaban J connectivity index is 0.00000338. The van der Waals surface area contributed by atoms with E-state index in [4.69, 9.17) is 23.2 Å². The molecule has 2 heterocycles. The van der Waals surface area contributed by atoms with Crippen molar-refractivity contribution >= 4 is 23.2 Å². The molecule has 0 aromatic carbocycles. The monoisotopic (exact) mass is 447 g/mol. The molecule has 0 aliphatic carbocycles. The Morgan fingerprint density at radius 1 is 0.885 bits per heavy atom. The largest absolute Gasteiger partial charge is 2.00 e. The normalized spacial score (nSPS) is 34.8. The molecule has 0 N–H and O–H groups in total. The van der Waals surface area contributed by atoms with E-state index >= 15 is 0 Å². The van der Waals surface area contributed by atoms with Gasteiger partial charge in [-0.25, -0.2) is 0 Å². The quantitative estimate of drug-likeness (QED) is 0.374. The van der Waals surface area contributed by atoms with E-state index in [9.17, 15) is 0 Å². The van der Waals surface area contributed by atoms with Crippen LogP contribution in [0.15, 0.2) is 0 Å². The maximum absolute atomic E-state index is 7.06. The number of nitrogens with zero attached hydrogens (tertiary/aromatic N) is 4. The van der Waals surface area contributed by atoms with Crippen LogP contribution in [0.3, 0.4) is 0 Å². The minimum absolute atomic E-state index is 0. The molecule has 1 radical (unpaired) electrons. The first-order valence-electron chi connectivity index (χ1n) is 10.0. The average Bonchev–Trinajstić information content (AvgIpc) is 2.54. The summed E-state index contributed by atoms with van der Waals surface area (Å²) in [5, 5.41) is 0. The van der Waals surface area contributed by atoms with Crippen molar-refractivity contribution in [2.24, 2.45) is 11.8 Å². The van der Waals surface area contributed by atoms with Crippen LogP contribution in [-0.4, -0.2) is 97.1 Å². The zero-order valence-electron chi connectivity index (χ0n) is 17.1. The van der Waals surface area contributed by atoms with Crippen LogP contribution in [-0.2, 0) is 17.1 Å². The molecule has 0 saturated carbocycles. The first-order valence-corrected chi connectivity index (χ1v) is 10.8. The molecular weight excluding hydrogens is 410 g/mol. The van der Waals surface area contributed by atoms with Gasteiger partial charge in [-0.15, -0.1) is 0 Å². The molecule has 4 unspecified atom stereocenters. The van der Waals surface area contributed by atoms with Gasteiger partial charge in [0.25, 0.3) is 0 Å². The fraction of sp³-hybridized carbons (Fsp3) is 1.00. The van der Waals surface area contributed by atoms with E-state index in [-0.39, 0.29) is 17.1 Å². The zero-order chi connectivity index (χ0) is 18.4. The van der Waals surface area contributed by atoms with Crippen molar-refractivity contribution in [3.8, 4) is 0 Å². The number of unbranched alkanes of at least 4 members (excludes halogenated alkanes) is 1. The van der Waals surface area contributed by atoms with Gasteiger partial charge in [-0.05, 0) is 26.4 Å². The topological polar surface area (TPSA) is 13.0 Å². The van der Waals surface area contributed by atoms with Crippen LogP contribution in [0.2, 0.25) is 0 Å². The molecule has 2 bridgehead atoms. The first kappa shape index (κ1) is 25.0. The maximum Gasteiger partial charge on any atom is 2.00 e. The Hall–Kier alpha value is 0.939. The Labute approximate surface area is 182 Å². The summed E-state index contributed by atoms with van der Waals surface area (Å²) < 4.78 is -0.780. The van der Waals surface area contributed by atoms with Crippen molar-refractivity contribution in [1.29, 1.82) is 0 Å². The van der Waals surface area contributed by atoms with Gasteiger partial charge in [-0.3, -0.25) is 4.90 Å². The summed E-state index contributed by atoms with van der Waals surface area (Å²) in [4.78, 5) is 9.81. The number of alkyl halides is 2. The summed E-state index contributed by atoms with van der Waals surface area (Å²) in [6, 6.07) is 0. The van der Waals surface area contributed by atoms with Crippen LogP contribution in [0.5, 0.6) is 0 Å². The molecule has 0 spiro atoms. The maximum atomic E-state index is 7.06. The van der Waals surface area contributed by atoms with E-state index in [0.29, 0.717) is 11.8 Å². The van der Waals surface area contributed by atoms with Gasteiger partial charge in [0.1, 0.15) is 0 Å². The number of fused-ring (bicyclic) bond motifs is 3. The molecule has 2 aliphatic rings. The van der Waals surface area contributed by atoms with Crippen molar-refractivity contribution in [2.45, 2.75) is 37.6 Å². The van der Waals surface area contributed by atoms with Crippen molar-refractivity contribution < 1.29 is 17.1 Å². The number of rotatable bonds is 3. The van der Waals surface area contributed by atoms with Gasteiger partial charge in [-0.1, -0.05) is 49.9 Å². The standard InChI is InChI=1S/C19H38Cl2N4.Mn/c1-5-6-7-18-16-23(4)8-10-24-11-13-25(19(18,20)21)12-9-22(3)14-17(2)15-24;/h17-18H,5-16H2,1-4H3;/q;+2. The van der Waals surface area contributed by atoms with Crippen LogP contribution in [0.4, 0.5) is 0 Å². The average molecular weight is 448 g/mol. The van der Waals surface area contributed by atoms with E-state index in [1.54, 1.807) is 0 Å². The van der Waals surface area contributed by atoms with E-state index in [0.717, 1.165) is 65.3 Å². The summed E-state index contributed by atoms with van der Waals surface area (Å²) in [7, 11) is 4.44. The summed E-state index contributed by atoms with van der Waals surface area (Å²) >= 11 is 14.1. The third-order valence-electron chi connectivity index (χ3n) is 5.78. The smallest absolute Gasteiger partial charge is 0.305 e. The summed E-state index contributed by atoms with van der Waals surface area (Å²) in [6.07, 6.45) is 3.48. The van der Waals surface area contributed by atoms with Crippen LogP contribution in [0.25, 0.3) is 0 Å². The molecule has 2 fully saturated rings. The summed E-state index contributed by atoms with van der Waals surface area (Å²) in [5.41, 5.74) is 0. The van der Waals surface area contributed by atoms with Crippen LogP contribution in [0, 0.1) is 11.8 Å². The van der Waals surface area contributed by atoms with E-state index in [2.05, 4.69) is 47.5 Å². The summed E-state index contributed by atoms with van der Waals surface area (Å²) in [5.74, 6) is 0.985. The zero-order valence-corrected chi connectivity index (χ0v) is 19.8. The third kappa shape index (κ3) is 7.40. The molecule has 0 amide bonds. The SMILES string of the molecule is CCCCC1CN(C)CCN2CCN(CCN(C)CC(C)C2)C1(Cl)Cl.[Mn+2]. The van der Waals surface area contributed by atoms with E-state index in [1.165, 1.54) is 12.8 Å². The molecular formula is C19H38Cl2MnN4+2. The first-order chi connectivity index (χ1) is 11.8. The van der Waals surface area contributed by atoms with Crippen molar-refractivity contribution in [2.75, 3.05) is 73.0 Å². The fourth-order valence-corrected chi connectivity index (χ4v) is 4.94. The van der Waals surface area contributed by atoms with Gasteiger partial charge in [0, 0.05) is 64.8 Å². The molecule has 2 rings (SSSR count). The molecule has 4 nitrogen and oxygen atoms in total. The molecule has 0 aromatic heterocycles. The minimum Gasteiger partial charge on any atom is -0.305 e. The number of hydrogen-bond donors (Lipinski definition) is 0. The van der Waals surface area contributed by atoms with Crippen LogP contribution < -0.4 is 0 Å². The van der Waals surface area contributed by atoms with Crippen LogP contribution in [0.1, 0.15) is 33.1 Å². The van der Waals surface area contributed by atoms with Crippen LogP contribution >= 0.6 is 23.2 Å². The molecule has 7 heteroatoms. The van der Waals surface area contributed by atoms with Gasteiger partial charge in [0.2, 0.25) is 0 Å². The van der Waals surface area contributed by atoms with Gasteiger partial charge < -0.3 is 14.7 Å². The summed E-state index contributed by atoms with van der Waals surface area (Å²) in [6.45, 7) is 14.1. The van der Waals surface area contributed by atoms with E-state index in [1.807, 2.05) is 0 Å². The van der Waals surface area contributed by atoms with E-state index < -0.39 is 4.46 Å². The molecule has 0 aromatic rings. The van der Waals surface area contributed by atoms with Gasteiger partial charge in [-0.2, -0.15) is 0 Å². The van der Waals surface area contributed by atoms with Crippen molar-refractivity contribution in [1.82, 2.24) is 19.6 Å². The van der Waals surface area contributed by atoms with Gasteiger partial charge >= 0.3 is 17.1 Å². The third-order valence-corrected chi connectivity index (χ3v) is 6.88. The van der Waals surface area contributed by atoms with Crippen molar-refractivity contribution in [3.05, 3.63) is 0 Å². The minimum atomic E-state index is -0.780. The predicted octanol–water partition coefficient (Wildman–Crippen LogP) is 3.05. The van der Waals surface area contributed by atoms with Crippen molar-refractivity contribution in [3.63, 3.8) is 0 Å². The molecule has 153 valence electrons. The second-order valence-electron chi connectivity index (χ2n) is 8.34. The Morgan fingerprint density at radius 2 is 1.46 bits per heavy atom. The Kier molecular flexibility index (Phi) is 11.4. The Morgan fingerprint density at radius 3 is 2.15 bits per heavy atom. The van der Waals surface area contributed by atoms with Gasteiger partial charge in [0.15, 0.2) is 4.46 Å². The number of hydrogen-bond acceptors (Lipinski definition) is 4. The molecule has 26 heavy (non-hydrogen) atoms. The molecule has 4 atom stereocenters. The molecule has 2 saturated heterocycles. The van der Waals surface area contributed by atoms with Gasteiger partial charge in [0.05, 0.1) is 0 Å². The number of halogens is 2. The number of likely N-dealkylation sites (N-methyl/N-ethyl adjacent to an activating group) is 2. The predicted molar refractivity (Wildman–Crippen MR) is 110 cm³/mol. The molecule has 2 aliphatic heterocycles. The fourth-order valence-electron chi connectivity index (χ4n) is 4.24. The second kappa shape index (κ2) is 11.8.